The van der Waals surface area contributed by atoms with Crippen LogP contribution >= 0.6 is 0 Å². The lowest BCUT2D eigenvalue weighted by Crippen LogP contribution is -2.39. The molecule has 2 aromatic rings. The highest BCUT2D eigenvalue weighted by Gasteiger charge is 2.51. The Morgan fingerprint density at radius 2 is 1.83 bits per heavy atom. The molecule has 0 bridgehead atoms. The highest BCUT2D eigenvalue weighted by Crippen LogP contribution is 2.48. The van der Waals surface area contributed by atoms with Gasteiger partial charge in [-0.2, -0.15) is 0 Å². The fraction of sp³-hybridized carbons (Fsp3) is 0.391. The number of hydrogen-bond donors (Lipinski definition) is 2. The van der Waals surface area contributed by atoms with Crippen molar-refractivity contribution in [1.29, 1.82) is 0 Å². The van der Waals surface area contributed by atoms with Gasteiger partial charge in [0.2, 0.25) is 5.91 Å². The zero-order valence-corrected chi connectivity index (χ0v) is 16.6. The van der Waals surface area contributed by atoms with Crippen LogP contribution in [-0.2, 0) is 14.9 Å². The molecule has 0 radical (unpaired) electrons. The summed E-state index contributed by atoms with van der Waals surface area (Å²) >= 11 is 0. The SMILES string of the molecule is COc1ccc(C(=O)Nc2ccc(C3(C(=O)NCC4CCCO4)CC3)cc2)cc1. The minimum Gasteiger partial charge on any atom is -0.497 e. The molecular formula is C23H26N2O4. The predicted octanol–water partition coefficient (Wildman–Crippen LogP) is 3.27. The van der Waals surface area contributed by atoms with Gasteiger partial charge in [0.25, 0.3) is 5.91 Å². The van der Waals surface area contributed by atoms with Crippen LogP contribution in [0.4, 0.5) is 5.69 Å². The van der Waals surface area contributed by atoms with Crippen molar-refractivity contribution in [2.75, 3.05) is 25.6 Å². The molecule has 1 saturated heterocycles. The smallest absolute Gasteiger partial charge is 0.255 e. The van der Waals surface area contributed by atoms with Crippen LogP contribution in [0.15, 0.2) is 48.5 Å². The number of ether oxygens (including phenoxy) is 2. The molecule has 6 nitrogen and oxygen atoms in total. The maximum Gasteiger partial charge on any atom is 0.255 e. The summed E-state index contributed by atoms with van der Waals surface area (Å²) in [5.74, 6) is 0.595. The number of hydrogen-bond acceptors (Lipinski definition) is 4. The Bertz CT molecular complexity index is 867. The second-order valence-electron chi connectivity index (χ2n) is 7.69. The standard InChI is InChI=1S/C23H26N2O4/c1-28-19-10-4-16(5-11-19)21(26)25-18-8-6-17(7-9-18)23(12-13-23)22(27)24-15-20-3-2-14-29-20/h4-11,20H,2-3,12-15H2,1H3,(H,24,27)(H,25,26). The highest BCUT2D eigenvalue weighted by atomic mass is 16.5. The van der Waals surface area contributed by atoms with Crippen molar-refractivity contribution in [3.05, 3.63) is 59.7 Å². The van der Waals surface area contributed by atoms with E-state index in [4.69, 9.17) is 9.47 Å². The molecular weight excluding hydrogens is 368 g/mol. The van der Waals surface area contributed by atoms with Crippen LogP contribution in [0.25, 0.3) is 0 Å². The van der Waals surface area contributed by atoms with Crippen molar-refractivity contribution in [2.45, 2.75) is 37.2 Å². The summed E-state index contributed by atoms with van der Waals surface area (Å²) in [4.78, 5) is 25.1. The summed E-state index contributed by atoms with van der Waals surface area (Å²) in [6.07, 6.45) is 3.92. The van der Waals surface area contributed by atoms with Gasteiger partial charge < -0.3 is 20.1 Å². The summed E-state index contributed by atoms with van der Waals surface area (Å²) < 4.78 is 10.7. The van der Waals surface area contributed by atoms with E-state index < -0.39 is 5.41 Å². The number of amides is 2. The van der Waals surface area contributed by atoms with Crippen molar-refractivity contribution in [3.8, 4) is 5.75 Å². The minimum atomic E-state index is -0.433. The largest absolute Gasteiger partial charge is 0.497 e. The van der Waals surface area contributed by atoms with Gasteiger partial charge in [0.15, 0.2) is 0 Å². The molecule has 2 fully saturated rings. The third-order valence-electron chi connectivity index (χ3n) is 5.75. The molecule has 1 aliphatic carbocycles. The van der Waals surface area contributed by atoms with E-state index in [2.05, 4.69) is 10.6 Å². The Kier molecular flexibility index (Phi) is 5.53. The molecule has 4 rings (SSSR count). The fourth-order valence-corrected chi connectivity index (χ4v) is 3.77. The number of anilines is 1. The lowest BCUT2D eigenvalue weighted by molar-refractivity contribution is -0.124. The molecule has 2 aromatic carbocycles. The lowest BCUT2D eigenvalue weighted by atomic mass is 9.94. The maximum absolute atomic E-state index is 12.7. The number of methoxy groups -OCH3 is 1. The van der Waals surface area contributed by atoms with E-state index in [-0.39, 0.29) is 17.9 Å². The van der Waals surface area contributed by atoms with Crippen LogP contribution in [0, 0.1) is 0 Å². The Morgan fingerprint density at radius 1 is 1.10 bits per heavy atom. The van der Waals surface area contributed by atoms with E-state index >= 15 is 0 Å². The number of nitrogens with one attached hydrogen (secondary N) is 2. The van der Waals surface area contributed by atoms with Crippen molar-refractivity contribution >= 4 is 17.5 Å². The molecule has 1 atom stereocenters. The van der Waals surface area contributed by atoms with E-state index in [1.807, 2.05) is 24.3 Å². The molecule has 2 amide bonds. The number of benzene rings is 2. The van der Waals surface area contributed by atoms with Crippen LogP contribution in [-0.4, -0.2) is 38.2 Å². The molecule has 1 heterocycles. The second kappa shape index (κ2) is 8.25. The first-order chi connectivity index (χ1) is 14.1. The quantitative estimate of drug-likeness (QED) is 0.756. The van der Waals surface area contributed by atoms with E-state index in [1.165, 1.54) is 0 Å². The van der Waals surface area contributed by atoms with Gasteiger partial charge in [-0.3, -0.25) is 9.59 Å². The zero-order valence-electron chi connectivity index (χ0n) is 16.6. The van der Waals surface area contributed by atoms with Crippen LogP contribution < -0.4 is 15.4 Å². The molecule has 1 unspecified atom stereocenters. The third-order valence-corrected chi connectivity index (χ3v) is 5.75. The average molecular weight is 394 g/mol. The van der Waals surface area contributed by atoms with Crippen molar-refractivity contribution < 1.29 is 19.1 Å². The molecule has 0 aromatic heterocycles. The third kappa shape index (κ3) is 4.27. The molecule has 2 N–H and O–H groups in total. The lowest BCUT2D eigenvalue weighted by Gasteiger charge is -2.18. The van der Waals surface area contributed by atoms with Gasteiger partial charge in [0, 0.05) is 24.4 Å². The van der Waals surface area contributed by atoms with E-state index in [0.717, 1.165) is 37.9 Å². The van der Waals surface area contributed by atoms with Crippen molar-refractivity contribution in [3.63, 3.8) is 0 Å². The minimum absolute atomic E-state index is 0.0722. The molecule has 1 saturated carbocycles. The van der Waals surface area contributed by atoms with Gasteiger partial charge in [-0.15, -0.1) is 0 Å². The molecule has 6 heteroatoms. The average Bonchev–Trinajstić information content (AvgIpc) is 3.40. The van der Waals surface area contributed by atoms with Gasteiger partial charge in [0.05, 0.1) is 18.6 Å². The van der Waals surface area contributed by atoms with Gasteiger partial charge >= 0.3 is 0 Å². The number of carbonyl (C=O) groups excluding carboxylic acids is 2. The van der Waals surface area contributed by atoms with Crippen LogP contribution in [0.1, 0.15) is 41.6 Å². The normalized spacial score (nSPS) is 19.4. The summed E-state index contributed by atoms with van der Waals surface area (Å²) in [6.45, 7) is 1.37. The van der Waals surface area contributed by atoms with Crippen molar-refractivity contribution in [1.82, 2.24) is 5.32 Å². The first-order valence-corrected chi connectivity index (χ1v) is 10.1. The van der Waals surface area contributed by atoms with Gasteiger partial charge in [-0.1, -0.05) is 12.1 Å². The first-order valence-electron chi connectivity index (χ1n) is 10.1. The zero-order chi connectivity index (χ0) is 20.3. The Morgan fingerprint density at radius 3 is 2.41 bits per heavy atom. The Balaban J connectivity index is 1.36. The summed E-state index contributed by atoms with van der Waals surface area (Å²) in [6, 6.07) is 14.5. The van der Waals surface area contributed by atoms with Gasteiger partial charge in [-0.25, -0.2) is 0 Å². The Labute approximate surface area is 170 Å². The van der Waals surface area contributed by atoms with Crippen LogP contribution in [0.5, 0.6) is 5.75 Å². The molecule has 1 aliphatic heterocycles. The molecule has 29 heavy (non-hydrogen) atoms. The molecule has 2 aliphatic rings. The molecule has 152 valence electrons. The summed E-state index contributed by atoms with van der Waals surface area (Å²) in [5, 5.41) is 5.95. The van der Waals surface area contributed by atoms with Gasteiger partial charge in [-0.05, 0) is 67.6 Å². The van der Waals surface area contributed by atoms with Gasteiger partial charge in [0.1, 0.15) is 5.75 Å². The van der Waals surface area contributed by atoms with E-state index in [9.17, 15) is 9.59 Å². The first kappa shape index (κ1) is 19.5. The number of carbonyl (C=O) groups is 2. The van der Waals surface area contributed by atoms with Crippen LogP contribution in [0.2, 0.25) is 0 Å². The second-order valence-corrected chi connectivity index (χ2v) is 7.69. The fourth-order valence-electron chi connectivity index (χ4n) is 3.77. The topological polar surface area (TPSA) is 76.7 Å². The number of rotatable bonds is 7. The van der Waals surface area contributed by atoms with Crippen LogP contribution in [0.3, 0.4) is 0 Å². The van der Waals surface area contributed by atoms with E-state index in [1.54, 1.807) is 31.4 Å². The summed E-state index contributed by atoms with van der Waals surface area (Å²) in [7, 11) is 1.59. The maximum atomic E-state index is 12.7. The molecule has 0 spiro atoms. The highest BCUT2D eigenvalue weighted by molar-refractivity contribution is 6.04. The Hall–Kier alpha value is -2.86. The summed E-state index contributed by atoms with van der Waals surface area (Å²) in [5.41, 5.74) is 1.81. The predicted molar refractivity (Wildman–Crippen MR) is 110 cm³/mol. The van der Waals surface area contributed by atoms with E-state index in [0.29, 0.717) is 23.5 Å². The monoisotopic (exact) mass is 394 g/mol. The van der Waals surface area contributed by atoms with Crippen molar-refractivity contribution in [2.24, 2.45) is 0 Å².